The molecule has 5 rings (SSSR count). The zero-order chi connectivity index (χ0) is 70.2. The van der Waals surface area contributed by atoms with Crippen LogP contribution in [0.4, 0.5) is 0 Å². The van der Waals surface area contributed by atoms with Crippen molar-refractivity contribution in [3.05, 3.63) is 35.4 Å². The van der Waals surface area contributed by atoms with E-state index in [1.165, 1.54) is 20.8 Å². The Morgan fingerprint density at radius 2 is 1.06 bits per heavy atom. The van der Waals surface area contributed by atoms with E-state index < -0.39 is 210 Å². The van der Waals surface area contributed by atoms with Crippen molar-refractivity contribution in [3.63, 3.8) is 0 Å². The van der Waals surface area contributed by atoms with Gasteiger partial charge in [0.25, 0.3) is 0 Å². The van der Waals surface area contributed by atoms with Crippen LogP contribution >= 0.6 is 64.8 Å². The molecule has 1 unspecified atom stereocenters. The highest BCUT2D eigenvalue weighted by Gasteiger charge is 2.42. The lowest BCUT2D eigenvalue weighted by Gasteiger charge is -2.30. The molecule has 0 spiro atoms. The average molecular weight is 1440 g/mol. The fourth-order valence-electron chi connectivity index (χ4n) is 9.59. The molecular formula is C57H82N14O18S6. The van der Waals surface area contributed by atoms with Gasteiger partial charge in [-0.2, -0.15) is 0 Å². The summed E-state index contributed by atoms with van der Waals surface area (Å²) in [6.07, 6.45) is -2.09. The van der Waals surface area contributed by atoms with Crippen molar-refractivity contribution in [1.82, 2.24) is 68.7 Å². The first kappa shape index (κ1) is 78.5. The van der Waals surface area contributed by atoms with E-state index in [2.05, 4.69) is 63.8 Å². The van der Waals surface area contributed by atoms with Gasteiger partial charge in [-0.25, -0.2) is 4.79 Å². The molecule has 1 aromatic rings. The topological polar surface area (TPSA) is 487 Å². The monoisotopic (exact) mass is 1440 g/mol. The summed E-state index contributed by atoms with van der Waals surface area (Å²) in [7, 11) is 5.46. The van der Waals surface area contributed by atoms with Gasteiger partial charge in [-0.15, -0.1) is 0 Å². The van der Waals surface area contributed by atoms with Crippen LogP contribution in [0, 0.1) is 18.8 Å². The van der Waals surface area contributed by atoms with Crippen molar-refractivity contribution in [2.75, 3.05) is 47.6 Å². The quantitative estimate of drug-likeness (QED) is 0.0720. The number of hydrogen-bond acceptors (Lipinski definition) is 22. The van der Waals surface area contributed by atoms with E-state index in [0.717, 1.165) is 75.2 Å². The summed E-state index contributed by atoms with van der Waals surface area (Å²) in [5, 5.41) is 50.4. The largest absolute Gasteiger partial charge is 0.481 e. The zero-order valence-electron chi connectivity index (χ0n) is 52.9. The number of rotatable bonds is 12. The highest BCUT2D eigenvalue weighted by Crippen LogP contribution is 2.28. The minimum absolute atomic E-state index is 0.0296. The second-order valence-corrected chi connectivity index (χ2v) is 31.0. The number of carbonyl (C=O) groups is 16. The van der Waals surface area contributed by atoms with E-state index >= 15 is 0 Å². The highest BCUT2D eigenvalue weighted by atomic mass is 33.1. The average Bonchev–Trinajstić information content (AvgIpc) is 1.79. The van der Waals surface area contributed by atoms with Gasteiger partial charge >= 0.3 is 11.9 Å². The third-order valence-electron chi connectivity index (χ3n) is 15.0. The number of nitrogens with one attached hydrogen (secondary N) is 12. The number of carbonyl (C=O) groups excluding carboxylic acids is 14. The third-order valence-corrected chi connectivity index (χ3v) is 22.4. The van der Waals surface area contributed by atoms with Gasteiger partial charge in [0.05, 0.1) is 13.0 Å². The van der Waals surface area contributed by atoms with Crippen LogP contribution in [0.2, 0.25) is 0 Å². The molecule has 0 aromatic heterocycles. The Labute approximate surface area is 571 Å². The molecule has 4 aliphatic heterocycles. The van der Waals surface area contributed by atoms with E-state index in [-0.39, 0.29) is 61.2 Å². The maximum absolute atomic E-state index is 15.0. The second kappa shape index (κ2) is 38.5. The number of fused-ring (bicyclic) bond motifs is 20. The fraction of sp³-hybridized carbons (Fsp3) is 0.614. The van der Waals surface area contributed by atoms with E-state index in [4.69, 9.17) is 5.73 Å². The van der Waals surface area contributed by atoms with Crippen LogP contribution in [0.3, 0.4) is 0 Å². The lowest BCUT2D eigenvalue weighted by Crippen LogP contribution is -2.61. The van der Waals surface area contributed by atoms with Crippen molar-refractivity contribution in [3.8, 4) is 0 Å². The molecule has 0 radical (unpaired) electrons. The van der Waals surface area contributed by atoms with Crippen LogP contribution in [-0.4, -0.2) is 230 Å². The standard InChI is InChI=1S/C57H82N14O18S6/c1-26(2)16-33-49(80)69-40-25-95-92-21-36(51(82)66-35(57(88)89)17-31-11-9-27(3)10-12-31)62-43(73)19-59-46(77)29(5)60-50(81)37-22-93-94-23-38(52(83)63-32(48(79)64-33)13-14-44(74)75)67-45(76)28(4)20-90-91-24-39(70-54(40)85)53(84)65-34(18-42(58)72)56(87)71-15-7-8-41(71)55(86)61-30(6)47(78)68-37/h9-12,26,28-30,32-41H,7-8,13-25H2,1-6H3,(H2,58,72)(H,59,77)(H,60,81)(H,61,86)(H,62,73)(H,63,83)(H,64,79)(H,65,84)(H,66,82)(H,67,76)(H,68,78)(H,69,80)(H,70,85)(H,74,75)(H,88,89)/t28-,29-,30-,32-,33?,34-,35-,36-,37-,38-,39-,40-,41-/m0/s1. The first-order valence-corrected chi connectivity index (χ1v) is 37.8. The summed E-state index contributed by atoms with van der Waals surface area (Å²) >= 11 is 0. The smallest absolute Gasteiger partial charge is 0.326 e. The predicted molar refractivity (Wildman–Crippen MR) is 357 cm³/mol. The van der Waals surface area contributed by atoms with Crippen molar-refractivity contribution in [2.45, 2.75) is 159 Å². The van der Waals surface area contributed by atoms with E-state index in [1.54, 1.807) is 38.1 Å². The van der Waals surface area contributed by atoms with E-state index in [9.17, 15) is 86.9 Å². The Morgan fingerprint density at radius 1 is 0.579 bits per heavy atom. The molecule has 4 aliphatic rings. The molecule has 14 amide bonds. The van der Waals surface area contributed by atoms with Gasteiger partial charge in [0, 0.05) is 59.8 Å². The summed E-state index contributed by atoms with van der Waals surface area (Å²) in [6.45, 7) is 8.33. The number of aliphatic carboxylic acids is 2. The Balaban J connectivity index is 1.72. The molecule has 4 bridgehead atoms. The van der Waals surface area contributed by atoms with Crippen LogP contribution < -0.4 is 69.5 Å². The molecular weight excluding hydrogens is 1360 g/mol. The zero-order valence-corrected chi connectivity index (χ0v) is 57.8. The predicted octanol–water partition coefficient (Wildman–Crippen LogP) is -3.29. The number of carboxylic acid groups (broad SMARTS) is 2. The minimum Gasteiger partial charge on any atom is -0.481 e. The Kier molecular flexibility index (Phi) is 31.9. The second-order valence-electron chi connectivity index (χ2n) is 23.3. The van der Waals surface area contributed by atoms with E-state index in [1.807, 2.05) is 6.92 Å². The van der Waals surface area contributed by atoms with Crippen LogP contribution in [-0.2, 0) is 83.1 Å². The van der Waals surface area contributed by atoms with Crippen LogP contribution in [0.25, 0.3) is 0 Å². The summed E-state index contributed by atoms with van der Waals surface area (Å²) in [4.78, 5) is 225. The van der Waals surface area contributed by atoms with Gasteiger partial charge < -0.3 is 84.6 Å². The Bertz CT molecular complexity index is 3030. The molecule has 95 heavy (non-hydrogen) atoms. The van der Waals surface area contributed by atoms with Gasteiger partial charge in [0.1, 0.15) is 72.5 Å². The molecule has 16 N–H and O–H groups in total. The lowest BCUT2D eigenvalue weighted by molar-refractivity contribution is -0.143. The van der Waals surface area contributed by atoms with Crippen LogP contribution in [0.1, 0.15) is 84.3 Å². The highest BCUT2D eigenvalue weighted by molar-refractivity contribution is 8.77. The number of nitrogens with zero attached hydrogens (tertiary/aromatic N) is 1. The van der Waals surface area contributed by atoms with Crippen LogP contribution in [0.5, 0.6) is 0 Å². The summed E-state index contributed by atoms with van der Waals surface area (Å²) in [5.74, 6) is -19.7. The van der Waals surface area contributed by atoms with Crippen molar-refractivity contribution >= 4 is 159 Å². The fourth-order valence-corrected chi connectivity index (χ4v) is 16.8. The molecule has 1 aromatic carbocycles. The van der Waals surface area contributed by atoms with Gasteiger partial charge in [-0.05, 0) is 57.9 Å². The normalized spacial score (nSPS) is 28.1. The minimum atomic E-state index is -1.77. The van der Waals surface area contributed by atoms with Gasteiger partial charge in [0.2, 0.25) is 82.7 Å². The number of aryl methyl sites for hydroxylation is 1. The first-order chi connectivity index (χ1) is 44.9. The SMILES string of the molecule is Cc1ccc(C[C@H](NC(=O)[C@@H]2CSSC[C@@H]3NC(=O)C(CC(C)C)NC(=O)[C@H](CCC(=O)O)NC(=O)[C@@H]4CSSC[C@H](NC(=O)[C@H](C)NC(=O)[C@@H]5CCCN5C(=O)[C@H](CC(N)=O)NC(=O)[C@H](CSSC[C@H](C)C(=O)N4)NC3=O)C(=O)N[C@@H](C)C(=O)NCC(=O)N2)C(=O)O)cc1. The molecule has 4 saturated heterocycles. The maximum Gasteiger partial charge on any atom is 0.326 e. The number of hydrogen-bond donors (Lipinski definition) is 15. The van der Waals surface area contributed by atoms with Crippen molar-refractivity contribution in [2.24, 2.45) is 17.6 Å². The summed E-state index contributed by atoms with van der Waals surface area (Å²) < 4.78 is 0. The molecule has 4 fully saturated rings. The van der Waals surface area contributed by atoms with Gasteiger partial charge in [-0.1, -0.05) is 115 Å². The number of nitrogens with two attached hydrogens (primary N) is 1. The van der Waals surface area contributed by atoms with Gasteiger partial charge in [-0.3, -0.25) is 71.9 Å². The number of benzene rings is 1. The van der Waals surface area contributed by atoms with Crippen molar-refractivity contribution < 1.29 is 86.9 Å². The summed E-state index contributed by atoms with van der Waals surface area (Å²) in [5.41, 5.74) is 7.06. The molecule has 0 saturated carbocycles. The molecule has 38 heteroatoms. The number of carboxylic acids is 2. The lowest BCUT2D eigenvalue weighted by atomic mass is 10.0. The van der Waals surface area contributed by atoms with Gasteiger partial charge in [0.15, 0.2) is 0 Å². The molecule has 4 heterocycles. The first-order valence-electron chi connectivity index (χ1n) is 30.3. The molecule has 0 aliphatic carbocycles. The molecule has 32 nitrogen and oxygen atoms in total. The number of amides is 14. The summed E-state index contributed by atoms with van der Waals surface area (Å²) in [6, 6.07) is -12.0. The molecule has 524 valence electrons. The van der Waals surface area contributed by atoms with E-state index in [0.29, 0.717) is 5.56 Å². The molecule has 13 atom stereocenters. The third kappa shape index (κ3) is 25.7. The van der Waals surface area contributed by atoms with Crippen LogP contribution in [0.15, 0.2) is 24.3 Å². The maximum atomic E-state index is 15.0. The van der Waals surface area contributed by atoms with Crippen molar-refractivity contribution in [1.29, 1.82) is 0 Å². The number of primary amides is 1. The Hall–Kier alpha value is -7.16. The Morgan fingerprint density at radius 3 is 1.63 bits per heavy atom.